The minimum atomic E-state index is -0.887. The molecule has 0 aromatic heterocycles. The molecule has 2 aromatic carbocycles. The highest BCUT2D eigenvalue weighted by Gasteiger charge is 2.14. The van der Waals surface area contributed by atoms with Crippen molar-refractivity contribution in [3.8, 4) is 0 Å². The maximum Gasteiger partial charge on any atom is 0.251 e. The zero-order valence-corrected chi connectivity index (χ0v) is 14.5. The van der Waals surface area contributed by atoms with E-state index in [4.69, 9.17) is 23.2 Å². The number of amides is 1. The summed E-state index contributed by atoms with van der Waals surface area (Å²) in [6, 6.07) is 12.0. The van der Waals surface area contributed by atoms with Gasteiger partial charge in [-0.05, 0) is 59.0 Å². The molecule has 110 valence electrons. The Bertz CT molecular complexity index is 647. The number of carbonyl (C=O) groups is 1. The van der Waals surface area contributed by atoms with Crippen molar-refractivity contribution < 1.29 is 9.90 Å². The van der Waals surface area contributed by atoms with Gasteiger partial charge >= 0.3 is 0 Å². The first kappa shape index (κ1) is 16.5. The highest BCUT2D eigenvalue weighted by atomic mass is 127. The van der Waals surface area contributed by atoms with Crippen LogP contribution in [0.15, 0.2) is 42.5 Å². The van der Waals surface area contributed by atoms with E-state index < -0.39 is 6.10 Å². The third-order valence-electron chi connectivity index (χ3n) is 2.88. The van der Waals surface area contributed by atoms with E-state index in [0.717, 1.165) is 3.57 Å². The number of halogens is 3. The molecule has 2 aromatic rings. The third kappa shape index (κ3) is 4.57. The second-order valence-corrected chi connectivity index (χ2v) is 6.49. The Labute approximate surface area is 146 Å². The lowest BCUT2D eigenvalue weighted by atomic mass is 10.1. The van der Waals surface area contributed by atoms with Gasteiger partial charge in [0.15, 0.2) is 0 Å². The molecule has 0 radical (unpaired) electrons. The van der Waals surface area contributed by atoms with E-state index in [2.05, 4.69) is 27.9 Å². The van der Waals surface area contributed by atoms with Gasteiger partial charge in [0.2, 0.25) is 0 Å². The van der Waals surface area contributed by atoms with E-state index in [9.17, 15) is 9.90 Å². The number of aliphatic hydroxyl groups is 1. The molecule has 0 bridgehead atoms. The number of rotatable bonds is 4. The van der Waals surface area contributed by atoms with Crippen LogP contribution in [0.4, 0.5) is 0 Å². The molecule has 1 atom stereocenters. The molecule has 1 amide bonds. The van der Waals surface area contributed by atoms with E-state index in [-0.39, 0.29) is 12.5 Å². The van der Waals surface area contributed by atoms with E-state index in [1.54, 1.807) is 30.3 Å². The van der Waals surface area contributed by atoms with Crippen molar-refractivity contribution in [1.29, 1.82) is 0 Å². The van der Waals surface area contributed by atoms with Gasteiger partial charge in [-0.15, -0.1) is 0 Å². The average Bonchev–Trinajstić information content (AvgIpc) is 2.45. The molecule has 0 fully saturated rings. The molecule has 3 nitrogen and oxygen atoms in total. The summed E-state index contributed by atoms with van der Waals surface area (Å²) in [7, 11) is 0. The number of carbonyl (C=O) groups excluding carboxylic acids is 1. The quantitative estimate of drug-likeness (QED) is 0.711. The van der Waals surface area contributed by atoms with Crippen LogP contribution in [-0.4, -0.2) is 17.6 Å². The Balaban J connectivity index is 1.98. The summed E-state index contributed by atoms with van der Waals surface area (Å²) in [5.41, 5.74) is 1.08. The van der Waals surface area contributed by atoms with Gasteiger partial charge in [0.1, 0.15) is 0 Å². The Morgan fingerprint density at radius 3 is 2.48 bits per heavy atom. The van der Waals surface area contributed by atoms with Gasteiger partial charge in [0.25, 0.3) is 5.91 Å². The summed E-state index contributed by atoms with van der Waals surface area (Å²) in [5, 5.41) is 13.6. The number of hydrogen-bond donors (Lipinski definition) is 2. The first-order valence-corrected chi connectivity index (χ1v) is 7.97. The second-order valence-electron chi connectivity index (χ2n) is 4.40. The first-order chi connectivity index (χ1) is 9.97. The lowest BCUT2D eigenvalue weighted by Gasteiger charge is -2.14. The maximum absolute atomic E-state index is 12.0. The van der Waals surface area contributed by atoms with E-state index in [1.165, 1.54) is 0 Å². The van der Waals surface area contributed by atoms with Crippen molar-refractivity contribution in [3.63, 3.8) is 0 Å². The van der Waals surface area contributed by atoms with Crippen LogP contribution < -0.4 is 5.32 Å². The molecular weight excluding hydrogens is 424 g/mol. The zero-order chi connectivity index (χ0) is 15.4. The predicted molar refractivity (Wildman–Crippen MR) is 92.9 cm³/mol. The van der Waals surface area contributed by atoms with Crippen molar-refractivity contribution in [1.82, 2.24) is 5.32 Å². The van der Waals surface area contributed by atoms with Crippen LogP contribution in [0, 0.1) is 3.57 Å². The van der Waals surface area contributed by atoms with Crippen LogP contribution >= 0.6 is 45.8 Å². The molecule has 0 aliphatic carbocycles. The van der Waals surface area contributed by atoms with Crippen LogP contribution in [0.1, 0.15) is 22.0 Å². The first-order valence-electron chi connectivity index (χ1n) is 6.14. The van der Waals surface area contributed by atoms with Crippen LogP contribution in [-0.2, 0) is 0 Å². The largest absolute Gasteiger partial charge is 0.387 e. The number of aliphatic hydroxyl groups excluding tert-OH is 1. The van der Waals surface area contributed by atoms with Gasteiger partial charge in [-0.1, -0.05) is 29.3 Å². The SMILES string of the molecule is O=C(NCC(O)c1ccc(Cl)cc1Cl)c1ccc(I)cc1. The van der Waals surface area contributed by atoms with Crippen LogP contribution in [0.2, 0.25) is 10.0 Å². The number of benzene rings is 2. The zero-order valence-electron chi connectivity index (χ0n) is 10.8. The van der Waals surface area contributed by atoms with Crippen LogP contribution in [0.25, 0.3) is 0 Å². The fraction of sp³-hybridized carbons (Fsp3) is 0.133. The highest BCUT2D eigenvalue weighted by Crippen LogP contribution is 2.25. The lowest BCUT2D eigenvalue weighted by molar-refractivity contribution is 0.0916. The lowest BCUT2D eigenvalue weighted by Crippen LogP contribution is -2.28. The normalized spacial score (nSPS) is 12.0. The number of nitrogens with one attached hydrogen (secondary N) is 1. The molecule has 2 N–H and O–H groups in total. The van der Waals surface area contributed by atoms with Gasteiger partial charge < -0.3 is 10.4 Å². The summed E-state index contributed by atoms with van der Waals surface area (Å²) in [6.07, 6.45) is -0.887. The molecule has 0 aliphatic heterocycles. The molecule has 0 saturated heterocycles. The predicted octanol–water partition coefficient (Wildman–Crippen LogP) is 4.06. The van der Waals surface area contributed by atoms with Crippen molar-refractivity contribution in [2.75, 3.05) is 6.54 Å². The fourth-order valence-electron chi connectivity index (χ4n) is 1.77. The smallest absolute Gasteiger partial charge is 0.251 e. The molecule has 1 unspecified atom stereocenters. The summed E-state index contributed by atoms with van der Waals surface area (Å²) < 4.78 is 1.05. The molecule has 0 spiro atoms. The molecular formula is C15H12Cl2INO2. The van der Waals surface area contributed by atoms with E-state index in [0.29, 0.717) is 21.2 Å². The van der Waals surface area contributed by atoms with Crippen LogP contribution in [0.5, 0.6) is 0 Å². The summed E-state index contributed by atoms with van der Waals surface area (Å²) in [6.45, 7) is 0.0756. The Hall–Kier alpha value is -0.820. The summed E-state index contributed by atoms with van der Waals surface area (Å²) in [5.74, 6) is -0.240. The van der Waals surface area contributed by atoms with E-state index in [1.807, 2.05) is 12.1 Å². The molecule has 0 aliphatic rings. The molecule has 21 heavy (non-hydrogen) atoms. The average molecular weight is 436 g/mol. The van der Waals surface area contributed by atoms with Gasteiger partial charge in [0, 0.05) is 31.3 Å². The maximum atomic E-state index is 12.0. The molecule has 6 heteroatoms. The summed E-state index contributed by atoms with van der Waals surface area (Å²) in [4.78, 5) is 12.0. The molecule has 0 saturated carbocycles. The van der Waals surface area contributed by atoms with Gasteiger partial charge in [-0.3, -0.25) is 4.79 Å². The second kappa shape index (κ2) is 7.45. The fourth-order valence-corrected chi connectivity index (χ4v) is 2.67. The van der Waals surface area contributed by atoms with Crippen molar-refractivity contribution in [3.05, 3.63) is 67.2 Å². The van der Waals surface area contributed by atoms with Crippen molar-refractivity contribution in [2.45, 2.75) is 6.10 Å². The Kier molecular flexibility index (Phi) is 5.87. The monoisotopic (exact) mass is 435 g/mol. The van der Waals surface area contributed by atoms with E-state index >= 15 is 0 Å². The summed E-state index contributed by atoms with van der Waals surface area (Å²) >= 11 is 14.0. The van der Waals surface area contributed by atoms with Gasteiger partial charge in [-0.2, -0.15) is 0 Å². The molecule has 0 heterocycles. The van der Waals surface area contributed by atoms with Crippen LogP contribution in [0.3, 0.4) is 0 Å². The van der Waals surface area contributed by atoms with Crippen molar-refractivity contribution >= 4 is 51.7 Å². The van der Waals surface area contributed by atoms with Gasteiger partial charge in [-0.25, -0.2) is 0 Å². The van der Waals surface area contributed by atoms with Gasteiger partial charge in [0.05, 0.1) is 6.10 Å². The highest BCUT2D eigenvalue weighted by molar-refractivity contribution is 14.1. The number of hydrogen-bond acceptors (Lipinski definition) is 2. The topological polar surface area (TPSA) is 49.3 Å². The Morgan fingerprint density at radius 2 is 1.86 bits per heavy atom. The standard InChI is InChI=1S/C15H12Cl2INO2/c16-10-3-6-12(13(17)7-10)14(20)8-19-15(21)9-1-4-11(18)5-2-9/h1-7,14,20H,8H2,(H,19,21). The minimum Gasteiger partial charge on any atom is -0.387 e. The Morgan fingerprint density at radius 1 is 1.19 bits per heavy atom. The molecule has 2 rings (SSSR count). The third-order valence-corrected chi connectivity index (χ3v) is 4.17. The van der Waals surface area contributed by atoms with Crippen molar-refractivity contribution in [2.24, 2.45) is 0 Å². The minimum absolute atomic E-state index is 0.0756.